The average Bonchev–Trinajstić information content (AvgIpc) is 1.59. The fourth-order valence-electron chi connectivity index (χ4n) is 0.483. The van der Waals surface area contributed by atoms with E-state index >= 15 is 0 Å². The molecule has 0 aliphatic rings. The standard InChI is InChI=1S/C6H13BrO2S/c1-4-9-6(8)5-10(2,3)7/h4-5H2,1-3H3. The van der Waals surface area contributed by atoms with Gasteiger partial charge in [-0.25, -0.2) is 0 Å². The molecule has 0 aromatic heterocycles. The zero-order valence-electron chi connectivity index (χ0n) is 6.52. The van der Waals surface area contributed by atoms with Gasteiger partial charge in [-0.05, 0) is 34.2 Å². The van der Waals surface area contributed by atoms with Crippen molar-refractivity contribution in [2.45, 2.75) is 6.92 Å². The summed E-state index contributed by atoms with van der Waals surface area (Å²) in [6, 6.07) is 0. The Kier molecular flexibility index (Phi) is 4.36. The van der Waals surface area contributed by atoms with Gasteiger partial charge in [0, 0.05) is 0 Å². The largest absolute Gasteiger partial charge is 0.465 e. The van der Waals surface area contributed by atoms with Crippen LogP contribution in [0, 0.1) is 0 Å². The van der Waals surface area contributed by atoms with Gasteiger partial charge < -0.3 is 4.74 Å². The van der Waals surface area contributed by atoms with Crippen LogP contribution in [0.1, 0.15) is 6.92 Å². The monoisotopic (exact) mass is 228 g/mol. The molecule has 0 aromatic carbocycles. The first-order valence-corrected chi connectivity index (χ1v) is 7.48. The second-order valence-electron chi connectivity index (χ2n) is 2.35. The Balaban J connectivity index is 3.58. The predicted octanol–water partition coefficient (Wildman–Crippen LogP) is 1.92. The second-order valence-corrected chi connectivity index (χ2v) is 10.7. The molecule has 62 valence electrons. The van der Waals surface area contributed by atoms with Crippen LogP contribution >= 0.6 is 23.3 Å². The van der Waals surface area contributed by atoms with Gasteiger partial charge in [-0.15, -0.1) is 0 Å². The number of carbonyl (C=O) groups is 1. The SMILES string of the molecule is CCOC(=O)CS(C)(C)Br. The molecule has 0 heterocycles. The third-order valence-corrected chi connectivity index (χ3v) is 2.38. The molecule has 0 fully saturated rings. The molecule has 0 amide bonds. The number of rotatable bonds is 3. The molecule has 0 rings (SSSR count). The molecule has 0 atom stereocenters. The molecule has 0 bridgehead atoms. The van der Waals surface area contributed by atoms with Gasteiger partial charge in [0.2, 0.25) is 0 Å². The van der Waals surface area contributed by atoms with E-state index in [4.69, 9.17) is 4.74 Å². The van der Waals surface area contributed by atoms with Crippen molar-refractivity contribution >= 4 is 29.2 Å². The van der Waals surface area contributed by atoms with Crippen molar-refractivity contribution in [1.82, 2.24) is 0 Å². The van der Waals surface area contributed by atoms with E-state index in [0.29, 0.717) is 12.4 Å². The molecule has 0 aliphatic heterocycles. The van der Waals surface area contributed by atoms with Crippen LogP contribution in [0.15, 0.2) is 0 Å². The van der Waals surface area contributed by atoms with Crippen LogP contribution in [-0.4, -0.2) is 30.8 Å². The van der Waals surface area contributed by atoms with Crippen molar-refractivity contribution in [3.05, 3.63) is 0 Å². The maximum atomic E-state index is 10.8. The lowest BCUT2D eigenvalue weighted by atomic mass is 10.8. The average molecular weight is 229 g/mol. The molecule has 0 aliphatic carbocycles. The zero-order chi connectivity index (χ0) is 8.20. The van der Waals surface area contributed by atoms with E-state index in [2.05, 4.69) is 14.8 Å². The van der Waals surface area contributed by atoms with Crippen molar-refractivity contribution in [3.8, 4) is 0 Å². The van der Waals surface area contributed by atoms with E-state index in [-0.39, 0.29) is 5.97 Å². The molecule has 0 saturated carbocycles. The highest BCUT2D eigenvalue weighted by molar-refractivity contribution is 9.58. The molecule has 4 heteroatoms. The predicted molar refractivity (Wildman–Crippen MR) is 49.9 cm³/mol. The third-order valence-electron chi connectivity index (χ3n) is 0.766. The minimum absolute atomic E-state index is 0.112. The van der Waals surface area contributed by atoms with Crippen LogP contribution in [0.25, 0.3) is 0 Å². The molecule has 2 nitrogen and oxygen atoms in total. The Hall–Kier alpha value is 0.300. The summed E-state index contributed by atoms with van der Waals surface area (Å²) in [5.41, 5.74) is 0. The lowest BCUT2D eigenvalue weighted by Crippen LogP contribution is -2.11. The lowest BCUT2D eigenvalue weighted by Gasteiger charge is -2.20. The minimum Gasteiger partial charge on any atom is -0.465 e. The summed E-state index contributed by atoms with van der Waals surface area (Å²) in [5.74, 6) is 0.389. The molecular formula is C6H13BrO2S. The van der Waals surface area contributed by atoms with Crippen LogP contribution in [0.4, 0.5) is 0 Å². The summed E-state index contributed by atoms with van der Waals surface area (Å²) in [6.45, 7) is 2.29. The van der Waals surface area contributed by atoms with Crippen LogP contribution < -0.4 is 0 Å². The summed E-state index contributed by atoms with van der Waals surface area (Å²) in [4.78, 5) is 10.8. The number of ether oxygens (including phenoxy) is 1. The van der Waals surface area contributed by atoms with Gasteiger partial charge in [0.15, 0.2) is 0 Å². The van der Waals surface area contributed by atoms with Crippen molar-refractivity contribution < 1.29 is 9.53 Å². The minimum atomic E-state index is -0.908. The van der Waals surface area contributed by atoms with Crippen LogP contribution in [0.5, 0.6) is 0 Å². The number of hydrogen-bond acceptors (Lipinski definition) is 2. The van der Waals surface area contributed by atoms with Gasteiger partial charge in [0.1, 0.15) is 0 Å². The maximum absolute atomic E-state index is 10.8. The van der Waals surface area contributed by atoms with Gasteiger partial charge >= 0.3 is 5.97 Å². The maximum Gasteiger partial charge on any atom is 0.315 e. The number of halogens is 1. The highest BCUT2D eigenvalue weighted by Crippen LogP contribution is 2.47. The van der Waals surface area contributed by atoms with E-state index in [9.17, 15) is 4.79 Å². The highest BCUT2D eigenvalue weighted by atomic mass is 79.9. The van der Waals surface area contributed by atoms with Gasteiger partial charge in [-0.1, -0.05) is 0 Å². The van der Waals surface area contributed by atoms with Crippen LogP contribution in [0.2, 0.25) is 0 Å². The van der Waals surface area contributed by atoms with Crippen molar-refractivity contribution in [3.63, 3.8) is 0 Å². The molecule has 10 heavy (non-hydrogen) atoms. The first-order chi connectivity index (χ1) is 4.45. The molecule has 0 radical (unpaired) electrons. The van der Waals surface area contributed by atoms with Gasteiger partial charge in [0.05, 0.1) is 12.4 Å². The fraction of sp³-hybridized carbons (Fsp3) is 0.833. The third kappa shape index (κ3) is 6.42. The number of esters is 1. The first-order valence-electron chi connectivity index (χ1n) is 3.02. The Labute approximate surface area is 70.8 Å². The van der Waals surface area contributed by atoms with Gasteiger partial charge in [0.25, 0.3) is 0 Å². The van der Waals surface area contributed by atoms with E-state index in [1.165, 1.54) is 0 Å². The molecule has 0 aromatic rings. The van der Waals surface area contributed by atoms with Crippen molar-refractivity contribution in [2.24, 2.45) is 0 Å². The van der Waals surface area contributed by atoms with Crippen molar-refractivity contribution in [2.75, 3.05) is 24.9 Å². The molecule has 0 unspecified atom stereocenters. The number of hydrogen-bond donors (Lipinski definition) is 0. The summed E-state index contributed by atoms with van der Waals surface area (Å²) in [6.07, 6.45) is 4.04. The summed E-state index contributed by atoms with van der Waals surface area (Å²) in [7, 11) is -0.908. The fourth-order valence-corrected chi connectivity index (χ4v) is 1.69. The van der Waals surface area contributed by atoms with Gasteiger partial charge in [-0.3, -0.25) is 4.79 Å². The van der Waals surface area contributed by atoms with E-state index in [1.54, 1.807) is 0 Å². The molecule has 0 N–H and O–H groups in total. The van der Waals surface area contributed by atoms with Crippen LogP contribution in [0.3, 0.4) is 0 Å². The Morgan fingerprint density at radius 1 is 1.60 bits per heavy atom. The normalized spacial score (nSPS) is 12.8. The smallest absolute Gasteiger partial charge is 0.315 e. The summed E-state index contributed by atoms with van der Waals surface area (Å²) >= 11 is 3.43. The van der Waals surface area contributed by atoms with Gasteiger partial charge in [-0.2, -0.15) is 8.46 Å². The lowest BCUT2D eigenvalue weighted by molar-refractivity contribution is -0.139. The Bertz CT molecular complexity index is 119. The van der Waals surface area contributed by atoms with E-state index in [1.807, 2.05) is 19.4 Å². The molecule has 0 spiro atoms. The van der Waals surface area contributed by atoms with E-state index < -0.39 is 8.46 Å². The van der Waals surface area contributed by atoms with Crippen LogP contribution in [-0.2, 0) is 9.53 Å². The summed E-state index contributed by atoms with van der Waals surface area (Å²) in [5, 5.41) is 0. The summed E-state index contributed by atoms with van der Waals surface area (Å²) < 4.78 is 4.77. The zero-order valence-corrected chi connectivity index (χ0v) is 8.92. The molecule has 0 saturated heterocycles. The van der Waals surface area contributed by atoms with Crippen molar-refractivity contribution in [1.29, 1.82) is 0 Å². The Morgan fingerprint density at radius 3 is 2.40 bits per heavy atom. The molecular weight excluding hydrogens is 216 g/mol. The first kappa shape index (κ1) is 10.3. The quantitative estimate of drug-likeness (QED) is 0.691. The topological polar surface area (TPSA) is 26.3 Å². The Morgan fingerprint density at radius 2 is 2.10 bits per heavy atom. The highest BCUT2D eigenvalue weighted by Gasteiger charge is 2.12. The second kappa shape index (κ2) is 4.23. The number of carbonyl (C=O) groups excluding carboxylic acids is 1. The van der Waals surface area contributed by atoms with E-state index in [0.717, 1.165) is 0 Å².